The largest absolute Gasteiger partial charge is 0.490 e. The summed E-state index contributed by atoms with van der Waals surface area (Å²) in [4.78, 5) is 63.7. The van der Waals surface area contributed by atoms with E-state index in [4.69, 9.17) is 18.9 Å². The van der Waals surface area contributed by atoms with Crippen molar-refractivity contribution >= 4 is 23.8 Å². The van der Waals surface area contributed by atoms with E-state index >= 15 is 0 Å². The molecule has 3 aromatic rings. The van der Waals surface area contributed by atoms with Gasteiger partial charge in [0.2, 0.25) is 11.8 Å². The molecule has 1 aromatic heterocycles. The molecule has 1 unspecified atom stereocenters. The van der Waals surface area contributed by atoms with Gasteiger partial charge < -0.3 is 34.1 Å². The van der Waals surface area contributed by atoms with Crippen LogP contribution >= 0.6 is 0 Å². The van der Waals surface area contributed by atoms with Gasteiger partial charge in [0.15, 0.2) is 29.5 Å². The van der Waals surface area contributed by atoms with E-state index in [2.05, 4.69) is 15.3 Å². The fraction of sp³-hybridized carbons (Fsp3) is 0.417. The molecule has 1 saturated heterocycles. The van der Waals surface area contributed by atoms with Crippen LogP contribution in [-0.2, 0) is 20.7 Å². The second-order valence-electron chi connectivity index (χ2n) is 11.6. The number of nitrogens with zero attached hydrogens (tertiary/aromatic N) is 4. The highest BCUT2D eigenvalue weighted by Gasteiger charge is 2.32. The highest BCUT2D eigenvalue weighted by atomic mass is 16.6. The molecule has 2 aromatic carbocycles. The summed E-state index contributed by atoms with van der Waals surface area (Å²) in [5, 5.41) is 2.92. The Kier molecular flexibility index (Phi) is 12.2. The van der Waals surface area contributed by atoms with Crippen molar-refractivity contribution in [1.29, 1.82) is 0 Å². The fourth-order valence-corrected chi connectivity index (χ4v) is 5.90. The first kappa shape index (κ1) is 34.9. The van der Waals surface area contributed by atoms with Gasteiger partial charge in [0.25, 0.3) is 5.91 Å². The van der Waals surface area contributed by atoms with Crippen LogP contribution in [0.3, 0.4) is 0 Å². The molecule has 0 spiro atoms. The highest BCUT2D eigenvalue weighted by Crippen LogP contribution is 2.33. The minimum Gasteiger partial charge on any atom is -0.490 e. The number of piperazine rings is 1. The Morgan fingerprint density at radius 1 is 0.959 bits per heavy atom. The average Bonchev–Trinajstić information content (AvgIpc) is 3.64. The van der Waals surface area contributed by atoms with Crippen LogP contribution in [0.1, 0.15) is 55.6 Å². The molecule has 1 aliphatic heterocycles. The number of ether oxygens (including phenoxy) is 4. The van der Waals surface area contributed by atoms with Crippen LogP contribution in [0.4, 0.5) is 4.79 Å². The second kappa shape index (κ2) is 17.1. The summed E-state index contributed by atoms with van der Waals surface area (Å²) in [5.74, 6) is 1.85. The van der Waals surface area contributed by atoms with Crippen LogP contribution in [0.15, 0.2) is 60.9 Å². The molecule has 2 heterocycles. The Balaban J connectivity index is 1.45. The van der Waals surface area contributed by atoms with E-state index in [9.17, 15) is 19.2 Å². The molecule has 0 bridgehead atoms. The zero-order valence-corrected chi connectivity index (χ0v) is 27.8. The lowest BCUT2D eigenvalue weighted by atomic mass is 10.0. The number of hydrogen-bond donors (Lipinski definition) is 1. The van der Waals surface area contributed by atoms with E-state index in [-0.39, 0.29) is 75.1 Å². The van der Waals surface area contributed by atoms with Gasteiger partial charge in [-0.3, -0.25) is 9.59 Å². The van der Waals surface area contributed by atoms with Gasteiger partial charge in [0.05, 0.1) is 13.2 Å². The Bertz CT molecular complexity index is 1650. The smallest absolute Gasteiger partial charge is 0.409 e. The molecule has 2 aliphatic rings. The molecule has 3 amide bonds. The van der Waals surface area contributed by atoms with Gasteiger partial charge >= 0.3 is 6.09 Å². The summed E-state index contributed by atoms with van der Waals surface area (Å²) in [6, 6.07) is 14.8. The van der Waals surface area contributed by atoms with E-state index in [1.807, 2.05) is 30.3 Å². The van der Waals surface area contributed by atoms with Crippen molar-refractivity contribution in [2.45, 2.75) is 58.1 Å². The lowest BCUT2D eigenvalue weighted by Crippen LogP contribution is -2.56. The van der Waals surface area contributed by atoms with E-state index in [0.717, 1.165) is 31.9 Å². The van der Waals surface area contributed by atoms with Gasteiger partial charge in [-0.25, -0.2) is 14.6 Å². The summed E-state index contributed by atoms with van der Waals surface area (Å²) >= 11 is 0. The topological polar surface area (TPSA) is 149 Å². The molecule has 1 atom stereocenters. The molecular formula is C36H41N5O8. The van der Waals surface area contributed by atoms with Crippen molar-refractivity contribution in [1.82, 2.24) is 25.1 Å². The van der Waals surface area contributed by atoms with E-state index in [1.54, 1.807) is 47.8 Å². The summed E-state index contributed by atoms with van der Waals surface area (Å²) in [6.07, 6.45) is 4.40. The molecular weight excluding hydrogens is 630 g/mol. The highest BCUT2D eigenvalue weighted by molar-refractivity contribution is 5.97. The normalized spacial score (nSPS) is 15.1. The molecule has 5 rings (SSSR count). The monoisotopic (exact) mass is 671 g/mol. The van der Waals surface area contributed by atoms with Crippen molar-refractivity contribution in [3.63, 3.8) is 0 Å². The van der Waals surface area contributed by atoms with Crippen molar-refractivity contribution in [2.75, 3.05) is 39.4 Å². The maximum atomic E-state index is 14.2. The fourth-order valence-electron chi connectivity index (χ4n) is 5.90. The third-order valence-corrected chi connectivity index (χ3v) is 8.28. The maximum Gasteiger partial charge on any atom is 0.409 e. The van der Waals surface area contributed by atoms with Crippen LogP contribution in [0, 0.1) is 0 Å². The van der Waals surface area contributed by atoms with Gasteiger partial charge in [-0.05, 0) is 45.6 Å². The molecule has 2 fully saturated rings. The molecule has 49 heavy (non-hydrogen) atoms. The van der Waals surface area contributed by atoms with Gasteiger partial charge in [-0.1, -0.05) is 42.5 Å². The first-order valence-corrected chi connectivity index (χ1v) is 16.6. The molecule has 13 heteroatoms. The standard InChI is InChI=1S/C36H41N5O8/c1-3-46-32-26(13-10-16-30(32)48-22-21-42)23-29(35(44)40-17-19-41(20-18-40)36(45)47-4-2)38-34(43)28-24-31(49-27-14-8-9-15-27)39-33(37-28)25-11-6-5-7-12-25/h5-7,10-13,16,22,24,27,29H,3-4,8-9,14-15,17-20,23H2,1-2H3,(H,38,43). The number of benzene rings is 2. The number of aromatic nitrogens is 2. The number of amides is 3. The van der Waals surface area contributed by atoms with E-state index in [0.29, 0.717) is 22.7 Å². The molecule has 1 N–H and O–H groups in total. The second-order valence-corrected chi connectivity index (χ2v) is 11.6. The van der Waals surface area contributed by atoms with Gasteiger partial charge in [0.1, 0.15) is 17.8 Å². The Morgan fingerprint density at radius 3 is 2.39 bits per heavy atom. The molecule has 0 radical (unpaired) electrons. The summed E-state index contributed by atoms with van der Waals surface area (Å²) in [6.45, 7) is 5.14. The Hall–Kier alpha value is -5.42. The number of nitrogens with one attached hydrogen (secondary N) is 1. The van der Waals surface area contributed by atoms with Crippen molar-refractivity contribution in [3.05, 3.63) is 72.1 Å². The number of rotatable bonds is 13. The maximum absolute atomic E-state index is 14.2. The predicted molar refractivity (Wildman–Crippen MR) is 179 cm³/mol. The average molecular weight is 672 g/mol. The van der Waals surface area contributed by atoms with Crippen molar-refractivity contribution in [3.8, 4) is 28.8 Å². The molecule has 258 valence electrons. The van der Waals surface area contributed by atoms with Crippen LogP contribution in [0.25, 0.3) is 11.4 Å². The lowest BCUT2D eigenvalue weighted by Gasteiger charge is -2.36. The Morgan fingerprint density at radius 2 is 1.69 bits per heavy atom. The van der Waals surface area contributed by atoms with Gasteiger partial charge in [0, 0.05) is 49.8 Å². The van der Waals surface area contributed by atoms with Gasteiger partial charge in [-0.15, -0.1) is 0 Å². The quantitative estimate of drug-likeness (QED) is 0.207. The first-order valence-electron chi connectivity index (χ1n) is 16.6. The Labute approximate surface area is 285 Å². The molecule has 13 nitrogen and oxygen atoms in total. The van der Waals surface area contributed by atoms with E-state index in [1.165, 1.54) is 6.07 Å². The summed E-state index contributed by atoms with van der Waals surface area (Å²) < 4.78 is 22.6. The summed E-state index contributed by atoms with van der Waals surface area (Å²) in [5.41, 5.74) is 1.33. The zero-order chi connectivity index (χ0) is 34.6. The third kappa shape index (κ3) is 9.14. The van der Waals surface area contributed by atoms with Crippen LogP contribution < -0.4 is 19.5 Å². The SMILES string of the molecule is CCOC(=O)N1CCN(C(=O)C(Cc2cccc(OC=C=O)c2OCC)NC(=O)c2cc(OC3CCCC3)nc(-c3ccccc3)n2)CC1. The summed E-state index contributed by atoms with van der Waals surface area (Å²) in [7, 11) is 0. The van der Waals surface area contributed by atoms with Crippen LogP contribution in [-0.4, -0.2) is 95.2 Å². The number of hydrogen-bond acceptors (Lipinski definition) is 10. The number of carbonyl (C=O) groups excluding carboxylic acids is 4. The first-order chi connectivity index (χ1) is 23.9. The predicted octanol–water partition coefficient (Wildman–Crippen LogP) is 4.23. The van der Waals surface area contributed by atoms with Crippen LogP contribution in [0.2, 0.25) is 0 Å². The minimum absolute atomic E-state index is 0.00224. The van der Waals surface area contributed by atoms with E-state index < -0.39 is 18.0 Å². The minimum atomic E-state index is -1.06. The van der Waals surface area contributed by atoms with Crippen LogP contribution in [0.5, 0.6) is 17.4 Å². The van der Waals surface area contributed by atoms with Crippen molar-refractivity contribution < 1.29 is 38.1 Å². The lowest BCUT2D eigenvalue weighted by molar-refractivity contribution is -0.134. The molecule has 1 saturated carbocycles. The van der Waals surface area contributed by atoms with Gasteiger partial charge in [-0.2, -0.15) is 4.98 Å². The zero-order valence-electron chi connectivity index (χ0n) is 27.8. The van der Waals surface area contributed by atoms with Crippen molar-refractivity contribution in [2.24, 2.45) is 0 Å². The third-order valence-electron chi connectivity index (χ3n) is 8.28. The molecule has 1 aliphatic carbocycles. The number of para-hydroxylation sites is 1. The number of carbonyl (C=O) groups is 3.